The number of benzene rings is 8. The van der Waals surface area contributed by atoms with Crippen molar-refractivity contribution < 1.29 is 205 Å². The maximum atomic E-state index is 14.8. The maximum Gasteiger partial charge on any atom is 0.308 e. The second kappa shape index (κ2) is 42.5. The van der Waals surface area contributed by atoms with Gasteiger partial charge in [0.15, 0.2) is 46.0 Å². The summed E-state index contributed by atoms with van der Waals surface area (Å²) in [5, 5.41) is 0. The first-order chi connectivity index (χ1) is 61.3. The minimum atomic E-state index is -1.53. The Morgan fingerprint density at radius 3 is 0.603 bits per heavy atom. The van der Waals surface area contributed by atoms with E-state index in [0.29, 0.717) is 32.9 Å². The van der Waals surface area contributed by atoms with Crippen molar-refractivity contribution in [3.05, 3.63) is 84.9 Å². The van der Waals surface area contributed by atoms with Gasteiger partial charge < -0.3 is 109 Å². The van der Waals surface area contributed by atoms with Crippen molar-refractivity contribution in [1.82, 2.24) is 0 Å². The Hall–Kier alpha value is -17.4. The van der Waals surface area contributed by atoms with Crippen LogP contribution in [-0.4, -0.2) is 119 Å². The molecule has 684 valence electrons. The van der Waals surface area contributed by atoms with Crippen LogP contribution in [0.4, 0.5) is 0 Å². The summed E-state index contributed by atoms with van der Waals surface area (Å²) in [7, 11) is 0. The van der Waals surface area contributed by atoms with E-state index in [9.17, 15) is 95.9 Å². The molecule has 0 radical (unpaired) electrons. The van der Waals surface area contributed by atoms with Gasteiger partial charge in [-0.05, 0) is 6.07 Å². The van der Waals surface area contributed by atoms with Gasteiger partial charge in [0.1, 0.15) is 92.0 Å². The van der Waals surface area contributed by atoms with Crippen molar-refractivity contribution in [2.45, 2.75) is 138 Å². The van der Waals surface area contributed by atoms with Crippen molar-refractivity contribution in [2.24, 2.45) is 0 Å². The zero-order valence-electron chi connectivity index (χ0n) is 72.6. The summed E-state index contributed by atoms with van der Waals surface area (Å²) in [4.78, 5) is 274. The monoisotopic (exact) mass is 1820 g/mol. The number of hydrogen-bond donors (Lipinski definition) is 0. The molecule has 0 fully saturated rings. The fourth-order valence-corrected chi connectivity index (χ4v) is 12.0. The van der Waals surface area contributed by atoms with Crippen molar-refractivity contribution >= 4 is 119 Å². The lowest BCUT2D eigenvalue weighted by molar-refractivity contribution is -0.134. The predicted molar refractivity (Wildman–Crippen MR) is 434 cm³/mol. The molecule has 0 aliphatic heterocycles. The molecule has 8 rings (SSSR count). The lowest BCUT2D eigenvalue weighted by Gasteiger charge is -2.28. The van der Waals surface area contributed by atoms with E-state index in [-0.39, 0.29) is 0 Å². The van der Waals surface area contributed by atoms with Crippen LogP contribution in [0.5, 0.6) is 149 Å². The zero-order valence-corrected chi connectivity index (χ0v) is 72.6. The van der Waals surface area contributed by atoms with Gasteiger partial charge in [0, 0.05) is 223 Å². The van der Waals surface area contributed by atoms with Gasteiger partial charge in [0.25, 0.3) is 0 Å². The van der Waals surface area contributed by atoms with E-state index < -0.39 is 313 Å². The normalized spacial score (nSPS) is 10.4. The van der Waals surface area contributed by atoms with E-state index in [4.69, 9.17) is 109 Å². The smallest absolute Gasteiger partial charge is 0.308 e. The van der Waals surface area contributed by atoms with E-state index in [1.807, 2.05) is 0 Å². The molecule has 0 bridgehead atoms. The Morgan fingerprint density at radius 2 is 0.328 bits per heavy atom. The third-order valence-electron chi connectivity index (χ3n) is 15.3. The lowest BCUT2D eigenvalue weighted by atomic mass is 9.91. The summed E-state index contributed by atoms with van der Waals surface area (Å²) in [5.74, 6) is -50.2. The average Bonchev–Trinajstić information content (AvgIpc) is 0.719. The third kappa shape index (κ3) is 26.8. The molecule has 0 aromatic heterocycles. The van der Waals surface area contributed by atoms with Gasteiger partial charge in [-0.3, -0.25) is 95.9 Å². The topological polar surface area (TPSA) is 554 Å². The first-order valence-corrected chi connectivity index (χ1v) is 37.6. The van der Waals surface area contributed by atoms with Crippen molar-refractivity contribution in [2.75, 3.05) is 0 Å². The van der Waals surface area contributed by atoms with Gasteiger partial charge in [-0.15, -0.1) is 0 Å². The van der Waals surface area contributed by atoms with Crippen LogP contribution in [0.25, 0.3) is 44.5 Å². The Morgan fingerprint density at radius 1 is 0.130 bits per heavy atom. The van der Waals surface area contributed by atoms with Gasteiger partial charge >= 0.3 is 119 Å². The highest BCUT2D eigenvalue weighted by Gasteiger charge is 2.43. The fourth-order valence-electron chi connectivity index (χ4n) is 12.0. The number of ether oxygens (including phenoxy) is 23. The molecule has 0 saturated heterocycles. The van der Waals surface area contributed by atoms with Crippen molar-refractivity contribution in [3.63, 3.8) is 0 Å². The minimum absolute atomic E-state index is 0.532. The average molecular weight is 1820 g/mol. The molecule has 8 aromatic rings. The highest BCUT2D eigenvalue weighted by Crippen LogP contribution is 2.66. The standard InChI is InChI=1S/C88H74O43/c1-35(89)109-55-21-56(110-36(2)90)23-57(22-55)129-82-63(75-70(122-48(14)102)34-71(130-83-73(123-49(15)103)32-62(115-41(7)95)33-74(83)124-50(16)104)79(84(75)125-51(17)105)76-64(116-42(8)96)25-59(112-38(4)92)26-65(76)117-43(9)97)24-58(111-37(3)91)31-72(82)131-88-86(127-53(19)107)80(77-66(118-44(10)98)27-60(113-39(5)93)28-67(77)119-45(11)99)85(126-52(18)106)81(87(88)128-54(20)108)78-68(120-46(12)100)29-61(114-40(6)94)30-69(78)121-47(13)101/h21-34H,1-20H3. The summed E-state index contributed by atoms with van der Waals surface area (Å²) in [6, 6.07) is 11.2. The first-order valence-electron chi connectivity index (χ1n) is 37.6. The molecule has 0 spiro atoms. The van der Waals surface area contributed by atoms with Gasteiger partial charge in [-0.25, -0.2) is 0 Å². The summed E-state index contributed by atoms with van der Waals surface area (Å²) in [6.45, 7) is 16.4. The molecule has 0 N–H and O–H groups in total. The zero-order chi connectivity index (χ0) is 97.3. The highest BCUT2D eigenvalue weighted by atomic mass is 16.6. The Labute approximate surface area is 738 Å². The van der Waals surface area contributed by atoms with Crippen molar-refractivity contribution in [3.8, 4) is 194 Å². The molecule has 0 atom stereocenters. The van der Waals surface area contributed by atoms with Crippen molar-refractivity contribution in [1.29, 1.82) is 0 Å². The van der Waals surface area contributed by atoms with E-state index in [1.54, 1.807) is 0 Å². The molecule has 0 heterocycles. The first kappa shape index (κ1) is 99.0. The minimum Gasteiger partial charge on any atom is -0.452 e. The van der Waals surface area contributed by atoms with Crippen LogP contribution in [-0.2, 0) is 95.9 Å². The third-order valence-corrected chi connectivity index (χ3v) is 15.3. The second-order valence-corrected chi connectivity index (χ2v) is 26.8. The Balaban J connectivity index is 1.90. The van der Waals surface area contributed by atoms with Gasteiger partial charge in [0.05, 0.1) is 38.9 Å². The van der Waals surface area contributed by atoms with Gasteiger partial charge in [0.2, 0.25) is 11.5 Å². The lowest BCUT2D eigenvalue weighted by Crippen LogP contribution is -2.15. The van der Waals surface area contributed by atoms with Crippen LogP contribution in [0.3, 0.4) is 0 Å². The molecule has 43 heteroatoms. The van der Waals surface area contributed by atoms with Crippen LogP contribution < -0.4 is 109 Å². The molecular formula is C88H74O43. The molecule has 0 saturated carbocycles. The second-order valence-electron chi connectivity index (χ2n) is 26.8. The van der Waals surface area contributed by atoms with Crippen LogP contribution in [0.15, 0.2) is 84.9 Å². The van der Waals surface area contributed by atoms with Crippen LogP contribution >= 0.6 is 0 Å². The molecule has 8 aromatic carbocycles. The van der Waals surface area contributed by atoms with E-state index in [2.05, 4.69) is 0 Å². The van der Waals surface area contributed by atoms with Gasteiger partial charge in [-0.1, -0.05) is 0 Å². The number of carbonyl (C=O) groups is 20. The molecule has 0 aliphatic carbocycles. The number of carbonyl (C=O) groups excluding carboxylic acids is 20. The summed E-state index contributed by atoms with van der Waals surface area (Å²) >= 11 is 0. The molecule has 0 aliphatic rings. The predicted octanol–water partition coefficient (Wildman–Crippen LogP) is 12.2. The molecule has 0 unspecified atom stereocenters. The summed E-state index contributed by atoms with van der Waals surface area (Å²) in [6.07, 6.45) is 0. The number of hydrogen-bond acceptors (Lipinski definition) is 43. The largest absolute Gasteiger partial charge is 0.452 e. The number of esters is 20. The Kier molecular flexibility index (Phi) is 32.1. The highest BCUT2D eigenvalue weighted by molar-refractivity contribution is 6.06. The molecule has 131 heavy (non-hydrogen) atoms. The van der Waals surface area contributed by atoms with Crippen LogP contribution in [0.2, 0.25) is 0 Å². The molecule has 0 amide bonds. The fraction of sp³-hybridized carbons (Fsp3) is 0.227. The quantitative estimate of drug-likeness (QED) is 0.0298. The van der Waals surface area contributed by atoms with E-state index in [1.165, 1.54) is 0 Å². The van der Waals surface area contributed by atoms with E-state index >= 15 is 0 Å². The maximum absolute atomic E-state index is 14.8. The molecule has 43 nitrogen and oxygen atoms in total. The molecular weight excluding hydrogens is 1740 g/mol. The summed E-state index contributed by atoms with van der Waals surface area (Å²) < 4.78 is 136. The van der Waals surface area contributed by atoms with E-state index in [0.717, 1.165) is 190 Å². The summed E-state index contributed by atoms with van der Waals surface area (Å²) in [5.41, 5.74) is -8.26. The SMILES string of the molecule is CC(=O)Oc1cc(OC(C)=O)cc(Oc2c(Oc3c(OC(C)=O)c(-c4c(OC(C)=O)cc(OC(C)=O)cc4OC(C)=O)c(OC(C)=O)c(-c4c(OC(C)=O)cc(OC(C)=O)cc4OC(C)=O)c3OC(C)=O)cc(OC(C)=O)cc2-c2c(OC(C)=O)cc(Oc3c(OC(C)=O)cc(OC(C)=O)cc3OC(C)=O)c(-c3c(OC(C)=O)cc(OC(C)=O)cc3OC(C)=O)c2OC(C)=O)c1. The Bertz CT molecular complexity index is 5890. The van der Waals surface area contributed by atoms with Gasteiger partial charge in [-0.2, -0.15) is 0 Å². The number of rotatable bonds is 30. The van der Waals surface area contributed by atoms with Crippen LogP contribution in [0, 0.1) is 0 Å². The van der Waals surface area contributed by atoms with Crippen LogP contribution in [0.1, 0.15) is 138 Å².